The quantitative estimate of drug-likeness (QED) is 0.105. The molecule has 0 fully saturated rings. The second kappa shape index (κ2) is 19.5. The summed E-state index contributed by atoms with van der Waals surface area (Å²) in [6.07, 6.45) is 15.1. The van der Waals surface area contributed by atoms with Crippen molar-refractivity contribution in [2.45, 2.75) is 90.9 Å². The smallest absolute Gasteiger partial charge is 0.119 e. The van der Waals surface area contributed by atoms with Gasteiger partial charge in [0.1, 0.15) is 11.5 Å². The van der Waals surface area contributed by atoms with Gasteiger partial charge in [-0.15, -0.1) is 0 Å². The minimum Gasteiger partial charge on any atom is -0.494 e. The maximum Gasteiger partial charge on any atom is 0.119 e. The minimum absolute atomic E-state index is 0.759. The van der Waals surface area contributed by atoms with Crippen molar-refractivity contribution in [3.8, 4) is 11.5 Å². The first-order valence-electron chi connectivity index (χ1n) is 15.2. The molecule has 0 atom stereocenters. The molecule has 6 nitrogen and oxygen atoms in total. The summed E-state index contributed by atoms with van der Waals surface area (Å²) < 4.78 is 11.7. The van der Waals surface area contributed by atoms with Gasteiger partial charge in [-0.3, -0.25) is 0 Å². The number of rotatable bonds is 20. The van der Waals surface area contributed by atoms with Crippen molar-refractivity contribution in [1.29, 1.82) is 0 Å². The number of azo groups is 2. The first-order valence-corrected chi connectivity index (χ1v) is 15.2. The van der Waals surface area contributed by atoms with Crippen molar-refractivity contribution < 1.29 is 9.47 Å². The van der Waals surface area contributed by atoms with E-state index >= 15 is 0 Å². The monoisotopic (exact) mass is 542 g/mol. The van der Waals surface area contributed by atoms with Crippen molar-refractivity contribution in [3.63, 3.8) is 0 Å². The van der Waals surface area contributed by atoms with Gasteiger partial charge in [-0.25, -0.2) is 0 Å². The maximum absolute atomic E-state index is 5.84. The fraction of sp³-hybridized carbons (Fsp3) is 0.471. The molecule has 0 amide bonds. The Bertz CT molecular complexity index is 1020. The summed E-state index contributed by atoms with van der Waals surface area (Å²) in [5.74, 6) is 1.75. The lowest BCUT2D eigenvalue weighted by Crippen LogP contribution is -1.96. The summed E-state index contributed by atoms with van der Waals surface area (Å²) in [5, 5.41) is 17.3. The van der Waals surface area contributed by atoms with Gasteiger partial charge in [0.05, 0.1) is 36.0 Å². The molecule has 0 aliphatic heterocycles. The summed E-state index contributed by atoms with van der Waals surface area (Å²) in [6, 6.07) is 23.0. The van der Waals surface area contributed by atoms with Gasteiger partial charge in [-0.2, -0.15) is 20.5 Å². The fourth-order valence-electron chi connectivity index (χ4n) is 4.18. The van der Waals surface area contributed by atoms with Crippen molar-refractivity contribution >= 4 is 22.7 Å². The van der Waals surface area contributed by atoms with Crippen LogP contribution in [0.4, 0.5) is 22.7 Å². The van der Waals surface area contributed by atoms with Gasteiger partial charge in [0.15, 0.2) is 0 Å². The van der Waals surface area contributed by atoms with Crippen LogP contribution < -0.4 is 9.47 Å². The Balaban J connectivity index is 1.36. The third-order valence-electron chi connectivity index (χ3n) is 6.62. The van der Waals surface area contributed by atoms with Crippen LogP contribution in [0.2, 0.25) is 0 Å². The highest BCUT2D eigenvalue weighted by molar-refractivity contribution is 5.49. The molecule has 0 saturated heterocycles. The molecule has 0 N–H and O–H groups in total. The molecule has 3 aromatic rings. The SMILES string of the molecule is CCCCCCCCOc1ccc(N=Nc2ccc(N=Nc3ccc(OCCCCCCCC)cc3)cc2)cc1. The molecule has 0 aromatic heterocycles. The zero-order valence-corrected chi connectivity index (χ0v) is 24.4. The topological polar surface area (TPSA) is 67.9 Å². The summed E-state index contributed by atoms with van der Waals surface area (Å²) in [4.78, 5) is 0. The van der Waals surface area contributed by atoms with Crippen LogP contribution in [0.3, 0.4) is 0 Å². The van der Waals surface area contributed by atoms with Crippen LogP contribution in [0.1, 0.15) is 90.9 Å². The molecule has 0 bridgehead atoms. The van der Waals surface area contributed by atoms with E-state index in [9.17, 15) is 0 Å². The van der Waals surface area contributed by atoms with Crippen LogP contribution in [0.5, 0.6) is 11.5 Å². The molecule has 3 rings (SSSR count). The molecule has 0 radical (unpaired) electrons. The first-order chi connectivity index (χ1) is 19.8. The van der Waals surface area contributed by atoms with Gasteiger partial charge >= 0.3 is 0 Å². The van der Waals surface area contributed by atoms with E-state index in [4.69, 9.17) is 9.47 Å². The summed E-state index contributed by atoms with van der Waals surface area (Å²) >= 11 is 0. The van der Waals surface area contributed by atoms with Crippen molar-refractivity contribution in [2.24, 2.45) is 20.5 Å². The van der Waals surface area contributed by atoms with E-state index in [1.165, 1.54) is 64.2 Å². The van der Waals surface area contributed by atoms with Crippen LogP contribution in [-0.4, -0.2) is 13.2 Å². The van der Waals surface area contributed by atoms with E-state index in [2.05, 4.69) is 34.3 Å². The molecule has 3 aromatic carbocycles. The van der Waals surface area contributed by atoms with E-state index < -0.39 is 0 Å². The lowest BCUT2D eigenvalue weighted by molar-refractivity contribution is 0.304. The van der Waals surface area contributed by atoms with Crippen molar-refractivity contribution in [1.82, 2.24) is 0 Å². The fourth-order valence-corrected chi connectivity index (χ4v) is 4.18. The highest BCUT2D eigenvalue weighted by Crippen LogP contribution is 2.25. The van der Waals surface area contributed by atoms with Gasteiger partial charge in [0, 0.05) is 0 Å². The van der Waals surface area contributed by atoms with E-state index in [0.717, 1.165) is 60.3 Å². The molecule has 0 heterocycles. The summed E-state index contributed by atoms with van der Waals surface area (Å²) in [6.45, 7) is 6.00. The zero-order valence-electron chi connectivity index (χ0n) is 24.4. The number of hydrogen-bond donors (Lipinski definition) is 0. The molecule has 0 aliphatic carbocycles. The Kier molecular flexibility index (Phi) is 15.1. The molecule has 0 unspecified atom stereocenters. The largest absolute Gasteiger partial charge is 0.494 e. The van der Waals surface area contributed by atoms with Gasteiger partial charge in [0.2, 0.25) is 0 Å². The second-order valence-corrected chi connectivity index (χ2v) is 10.1. The summed E-state index contributed by atoms with van der Waals surface area (Å²) in [7, 11) is 0. The number of ether oxygens (including phenoxy) is 2. The van der Waals surface area contributed by atoms with E-state index in [0.29, 0.717) is 0 Å². The predicted molar refractivity (Wildman–Crippen MR) is 165 cm³/mol. The Labute approximate surface area is 241 Å². The number of hydrogen-bond acceptors (Lipinski definition) is 6. The molecular formula is C34H46N4O2. The number of unbranched alkanes of at least 4 members (excludes halogenated alkanes) is 10. The Morgan fingerprint density at radius 3 is 0.975 bits per heavy atom. The van der Waals surface area contributed by atoms with Crippen LogP contribution in [0.25, 0.3) is 0 Å². The van der Waals surface area contributed by atoms with Crippen LogP contribution >= 0.6 is 0 Å². The molecule has 40 heavy (non-hydrogen) atoms. The van der Waals surface area contributed by atoms with Gasteiger partial charge in [-0.05, 0) is 85.6 Å². The van der Waals surface area contributed by atoms with Crippen LogP contribution in [0.15, 0.2) is 93.3 Å². The lowest BCUT2D eigenvalue weighted by atomic mass is 10.1. The normalized spacial score (nSPS) is 11.4. The highest BCUT2D eigenvalue weighted by Gasteiger charge is 1.99. The molecule has 0 saturated carbocycles. The third-order valence-corrected chi connectivity index (χ3v) is 6.62. The van der Waals surface area contributed by atoms with Crippen molar-refractivity contribution in [3.05, 3.63) is 72.8 Å². The van der Waals surface area contributed by atoms with E-state index in [-0.39, 0.29) is 0 Å². The predicted octanol–water partition coefficient (Wildman–Crippen LogP) is 12.0. The number of benzene rings is 3. The molecule has 6 heteroatoms. The van der Waals surface area contributed by atoms with Gasteiger partial charge in [-0.1, -0.05) is 78.1 Å². The van der Waals surface area contributed by atoms with Gasteiger partial charge in [0.25, 0.3) is 0 Å². The Morgan fingerprint density at radius 2 is 0.650 bits per heavy atom. The van der Waals surface area contributed by atoms with E-state index in [1.54, 1.807) is 0 Å². The van der Waals surface area contributed by atoms with Crippen LogP contribution in [-0.2, 0) is 0 Å². The van der Waals surface area contributed by atoms with Crippen LogP contribution in [0, 0.1) is 0 Å². The van der Waals surface area contributed by atoms with Gasteiger partial charge < -0.3 is 9.47 Å². The average molecular weight is 543 g/mol. The molecule has 0 aliphatic rings. The number of nitrogens with zero attached hydrogens (tertiary/aromatic N) is 4. The Hall–Kier alpha value is -3.54. The highest BCUT2D eigenvalue weighted by atomic mass is 16.5. The average Bonchev–Trinajstić information content (AvgIpc) is 3.00. The second-order valence-electron chi connectivity index (χ2n) is 10.1. The minimum atomic E-state index is 0.759. The van der Waals surface area contributed by atoms with Crippen molar-refractivity contribution in [2.75, 3.05) is 13.2 Å². The maximum atomic E-state index is 5.84. The van der Waals surface area contributed by atoms with E-state index in [1.807, 2.05) is 72.8 Å². The molecule has 0 spiro atoms. The molecular weight excluding hydrogens is 496 g/mol. The Morgan fingerprint density at radius 1 is 0.375 bits per heavy atom. The summed E-state index contributed by atoms with van der Waals surface area (Å²) in [5.41, 5.74) is 3.09. The first kappa shape index (κ1) is 31.0. The third kappa shape index (κ3) is 13.0. The lowest BCUT2D eigenvalue weighted by Gasteiger charge is -2.06. The molecule has 214 valence electrons. The zero-order chi connectivity index (χ0) is 28.1. The standard InChI is InChI=1S/C34H46N4O2/c1-3-5-7-9-11-13-27-39-33-23-19-31(20-24-33)37-35-29-15-17-30(18-16-29)36-38-32-21-25-34(26-22-32)40-28-14-12-10-8-6-4-2/h15-26H,3-14,27-28H2,1-2H3.